The molecule has 6 heteroatoms. The lowest BCUT2D eigenvalue weighted by atomic mass is 10.1. The molecule has 2 fully saturated rings. The number of aryl methyl sites for hydroxylation is 1. The van der Waals surface area contributed by atoms with Gasteiger partial charge in [-0.1, -0.05) is 6.07 Å². The van der Waals surface area contributed by atoms with E-state index in [0.29, 0.717) is 6.04 Å². The molecule has 2 aliphatic rings. The number of nitrogens with zero attached hydrogens (tertiary/aromatic N) is 5. The molecule has 0 bridgehead atoms. The van der Waals surface area contributed by atoms with E-state index in [4.69, 9.17) is 4.74 Å². The van der Waals surface area contributed by atoms with Crippen LogP contribution >= 0.6 is 0 Å². The topological polar surface area (TPSA) is 54.4 Å². The van der Waals surface area contributed by atoms with Crippen LogP contribution in [-0.2, 0) is 11.3 Å². The summed E-state index contributed by atoms with van der Waals surface area (Å²) in [6.07, 6.45) is 2.08. The fraction of sp³-hybridized carbons (Fsp3) is 0.471. The second-order valence-electron chi connectivity index (χ2n) is 6.22. The number of likely N-dealkylation sites (tertiary alicyclic amines) is 1. The average molecular weight is 311 g/mol. The SMILES string of the molecule is Cc1ccc(N2CCO[C@@H]3CN(Cc4ccccn4)C[C@@H]32)nn1. The Kier molecular flexibility index (Phi) is 3.93. The first-order valence-electron chi connectivity index (χ1n) is 8.10. The molecule has 0 radical (unpaired) electrons. The van der Waals surface area contributed by atoms with Crippen LogP contribution in [0.3, 0.4) is 0 Å². The fourth-order valence-corrected chi connectivity index (χ4v) is 3.44. The Balaban J connectivity index is 1.49. The normalized spacial score (nSPS) is 24.7. The van der Waals surface area contributed by atoms with Crippen molar-refractivity contribution in [2.24, 2.45) is 0 Å². The fourth-order valence-electron chi connectivity index (χ4n) is 3.44. The lowest BCUT2D eigenvalue weighted by Crippen LogP contribution is -2.51. The van der Waals surface area contributed by atoms with Crippen LogP contribution in [-0.4, -0.2) is 58.5 Å². The predicted octanol–water partition coefficient (Wildman–Crippen LogP) is 1.27. The number of hydrogen-bond donors (Lipinski definition) is 0. The summed E-state index contributed by atoms with van der Waals surface area (Å²) in [4.78, 5) is 9.19. The molecular weight excluding hydrogens is 290 g/mol. The molecule has 6 nitrogen and oxygen atoms in total. The number of anilines is 1. The number of rotatable bonds is 3. The summed E-state index contributed by atoms with van der Waals surface area (Å²) in [5, 5.41) is 8.56. The molecule has 4 heterocycles. The van der Waals surface area contributed by atoms with Gasteiger partial charge in [-0.3, -0.25) is 9.88 Å². The second-order valence-corrected chi connectivity index (χ2v) is 6.22. The van der Waals surface area contributed by atoms with E-state index in [9.17, 15) is 0 Å². The lowest BCUT2D eigenvalue weighted by molar-refractivity contribution is 0.0302. The summed E-state index contributed by atoms with van der Waals surface area (Å²) >= 11 is 0. The van der Waals surface area contributed by atoms with Gasteiger partial charge in [0.1, 0.15) is 0 Å². The molecule has 120 valence electrons. The molecule has 23 heavy (non-hydrogen) atoms. The van der Waals surface area contributed by atoms with Crippen LogP contribution in [0.1, 0.15) is 11.4 Å². The maximum atomic E-state index is 5.99. The molecule has 2 aromatic heterocycles. The monoisotopic (exact) mass is 311 g/mol. The Hall–Kier alpha value is -2.05. The van der Waals surface area contributed by atoms with Gasteiger partial charge in [-0.2, -0.15) is 5.10 Å². The first kappa shape index (κ1) is 14.5. The highest BCUT2D eigenvalue weighted by molar-refractivity contribution is 5.40. The van der Waals surface area contributed by atoms with Crippen LogP contribution in [0, 0.1) is 6.92 Å². The zero-order valence-electron chi connectivity index (χ0n) is 13.3. The van der Waals surface area contributed by atoms with Gasteiger partial charge >= 0.3 is 0 Å². The molecule has 2 atom stereocenters. The number of pyridine rings is 1. The molecule has 4 rings (SSSR count). The van der Waals surface area contributed by atoms with Crippen molar-refractivity contribution in [2.75, 3.05) is 31.1 Å². The van der Waals surface area contributed by atoms with Crippen LogP contribution < -0.4 is 4.90 Å². The highest BCUT2D eigenvalue weighted by Crippen LogP contribution is 2.27. The lowest BCUT2D eigenvalue weighted by Gasteiger charge is -2.37. The molecule has 2 saturated heterocycles. The second kappa shape index (κ2) is 6.22. The third-order valence-corrected chi connectivity index (χ3v) is 4.57. The molecule has 0 amide bonds. The molecular formula is C17H21N5O. The number of morpholine rings is 1. The van der Waals surface area contributed by atoms with Gasteiger partial charge in [0.2, 0.25) is 0 Å². The summed E-state index contributed by atoms with van der Waals surface area (Å²) < 4.78 is 5.99. The molecule has 0 unspecified atom stereocenters. The van der Waals surface area contributed by atoms with Gasteiger partial charge < -0.3 is 9.64 Å². The van der Waals surface area contributed by atoms with Crippen molar-refractivity contribution in [3.63, 3.8) is 0 Å². The maximum absolute atomic E-state index is 5.99. The van der Waals surface area contributed by atoms with E-state index in [1.807, 2.05) is 31.3 Å². The van der Waals surface area contributed by atoms with Crippen LogP contribution in [0.5, 0.6) is 0 Å². The number of hydrogen-bond acceptors (Lipinski definition) is 6. The van der Waals surface area contributed by atoms with Crippen LogP contribution in [0.4, 0.5) is 5.82 Å². The summed E-state index contributed by atoms with van der Waals surface area (Å²) in [7, 11) is 0. The van der Waals surface area contributed by atoms with Crippen LogP contribution in [0.25, 0.3) is 0 Å². The van der Waals surface area contributed by atoms with Gasteiger partial charge in [-0.05, 0) is 31.2 Å². The predicted molar refractivity (Wildman–Crippen MR) is 87.2 cm³/mol. The Morgan fingerprint density at radius 1 is 1.17 bits per heavy atom. The molecule has 2 aromatic rings. The zero-order valence-corrected chi connectivity index (χ0v) is 13.3. The van der Waals surface area contributed by atoms with Crippen molar-refractivity contribution in [1.82, 2.24) is 20.1 Å². The minimum Gasteiger partial charge on any atom is -0.373 e. The largest absolute Gasteiger partial charge is 0.373 e. The standard InChI is InChI=1S/C17H21N5O/c1-13-5-6-17(20-19-13)22-8-9-23-16-12-21(11-15(16)22)10-14-4-2-3-7-18-14/h2-7,15-16H,8-12H2,1H3/t15-,16+/m0/s1. The van der Waals surface area contributed by atoms with Gasteiger partial charge in [0, 0.05) is 32.4 Å². The van der Waals surface area contributed by atoms with Crippen molar-refractivity contribution in [1.29, 1.82) is 0 Å². The Morgan fingerprint density at radius 3 is 2.91 bits per heavy atom. The third kappa shape index (κ3) is 3.04. The van der Waals surface area contributed by atoms with Gasteiger partial charge in [0.05, 0.1) is 30.1 Å². The molecule has 2 aliphatic heterocycles. The van der Waals surface area contributed by atoms with Gasteiger partial charge in [0.15, 0.2) is 5.82 Å². The maximum Gasteiger partial charge on any atom is 0.151 e. The Bertz CT molecular complexity index is 648. The van der Waals surface area contributed by atoms with Crippen molar-refractivity contribution in [3.05, 3.63) is 47.9 Å². The summed E-state index contributed by atoms with van der Waals surface area (Å²) in [6.45, 7) is 6.35. The smallest absolute Gasteiger partial charge is 0.151 e. The molecule has 0 spiro atoms. The van der Waals surface area contributed by atoms with E-state index in [-0.39, 0.29) is 6.10 Å². The average Bonchev–Trinajstić information content (AvgIpc) is 2.99. The highest BCUT2D eigenvalue weighted by atomic mass is 16.5. The first-order valence-corrected chi connectivity index (χ1v) is 8.10. The molecule has 0 aliphatic carbocycles. The van der Waals surface area contributed by atoms with Crippen LogP contribution in [0.15, 0.2) is 36.5 Å². The van der Waals surface area contributed by atoms with Crippen molar-refractivity contribution in [2.45, 2.75) is 25.6 Å². The van der Waals surface area contributed by atoms with Crippen molar-refractivity contribution in [3.8, 4) is 0 Å². The van der Waals surface area contributed by atoms with E-state index in [2.05, 4.69) is 37.1 Å². The zero-order chi connectivity index (χ0) is 15.6. The summed E-state index contributed by atoms with van der Waals surface area (Å²) in [5.41, 5.74) is 2.05. The Labute approximate surface area is 136 Å². The number of fused-ring (bicyclic) bond motifs is 1. The van der Waals surface area contributed by atoms with E-state index >= 15 is 0 Å². The first-order chi connectivity index (χ1) is 11.3. The van der Waals surface area contributed by atoms with Crippen molar-refractivity contribution < 1.29 is 4.74 Å². The quantitative estimate of drug-likeness (QED) is 0.851. The van der Waals surface area contributed by atoms with Gasteiger partial charge in [-0.15, -0.1) is 5.10 Å². The van der Waals surface area contributed by atoms with Gasteiger partial charge in [-0.25, -0.2) is 0 Å². The highest BCUT2D eigenvalue weighted by Gasteiger charge is 2.40. The molecule has 0 aromatic carbocycles. The minimum absolute atomic E-state index is 0.232. The van der Waals surface area contributed by atoms with Crippen LogP contribution in [0.2, 0.25) is 0 Å². The molecule has 0 N–H and O–H groups in total. The Morgan fingerprint density at radius 2 is 2.13 bits per heavy atom. The van der Waals surface area contributed by atoms with E-state index < -0.39 is 0 Å². The van der Waals surface area contributed by atoms with E-state index in [1.165, 1.54) is 0 Å². The van der Waals surface area contributed by atoms with E-state index in [0.717, 1.165) is 50.0 Å². The van der Waals surface area contributed by atoms with Gasteiger partial charge in [0.25, 0.3) is 0 Å². The molecule has 0 saturated carbocycles. The number of aromatic nitrogens is 3. The number of ether oxygens (including phenoxy) is 1. The van der Waals surface area contributed by atoms with Crippen molar-refractivity contribution >= 4 is 5.82 Å². The third-order valence-electron chi connectivity index (χ3n) is 4.57. The summed E-state index contributed by atoms with van der Waals surface area (Å²) in [5.74, 6) is 0.952. The minimum atomic E-state index is 0.232. The van der Waals surface area contributed by atoms with E-state index in [1.54, 1.807) is 0 Å². The summed E-state index contributed by atoms with van der Waals surface area (Å²) in [6, 6.07) is 10.5.